The van der Waals surface area contributed by atoms with E-state index in [9.17, 15) is 4.79 Å². The second-order valence-corrected chi connectivity index (χ2v) is 8.73. The lowest BCUT2D eigenvalue weighted by atomic mass is 10.1. The van der Waals surface area contributed by atoms with Crippen molar-refractivity contribution in [3.05, 3.63) is 67.6 Å². The molecule has 1 aliphatic heterocycles. The number of benzene rings is 2. The van der Waals surface area contributed by atoms with E-state index >= 15 is 0 Å². The summed E-state index contributed by atoms with van der Waals surface area (Å²) in [5.74, 6) is 0.822. The normalized spacial score (nSPS) is 15.8. The summed E-state index contributed by atoms with van der Waals surface area (Å²) in [6, 6.07) is 14.2. The van der Waals surface area contributed by atoms with E-state index in [1.54, 1.807) is 4.90 Å². The lowest BCUT2D eigenvalue weighted by molar-refractivity contribution is -0.121. The predicted molar refractivity (Wildman–Crippen MR) is 120 cm³/mol. The highest BCUT2D eigenvalue weighted by Gasteiger charge is 2.30. The van der Waals surface area contributed by atoms with Gasteiger partial charge in [-0.25, -0.2) is 0 Å². The highest BCUT2D eigenvalue weighted by Crippen LogP contribution is 2.33. The van der Waals surface area contributed by atoms with Crippen molar-refractivity contribution in [1.29, 1.82) is 0 Å². The number of amides is 1. The number of rotatable bonds is 5. The molecule has 0 saturated carbocycles. The van der Waals surface area contributed by atoms with Gasteiger partial charge in [0.05, 0.1) is 8.48 Å². The first-order chi connectivity index (χ1) is 12.5. The van der Waals surface area contributed by atoms with E-state index in [1.807, 2.05) is 37.3 Å². The Morgan fingerprint density at radius 1 is 1.27 bits per heavy atom. The molecule has 0 atom stereocenters. The van der Waals surface area contributed by atoms with Gasteiger partial charge in [-0.1, -0.05) is 59.9 Å². The summed E-state index contributed by atoms with van der Waals surface area (Å²) < 4.78 is 7.58. The third-order valence-electron chi connectivity index (χ3n) is 3.92. The van der Waals surface area contributed by atoms with Crippen LogP contribution in [-0.4, -0.2) is 21.7 Å². The van der Waals surface area contributed by atoms with Crippen LogP contribution in [0.3, 0.4) is 0 Å². The highest BCUT2D eigenvalue weighted by atomic mass is 127. The molecule has 3 nitrogen and oxygen atoms in total. The van der Waals surface area contributed by atoms with Crippen molar-refractivity contribution in [1.82, 2.24) is 4.90 Å². The number of likely N-dealkylation sites (N-methyl/N-ethyl adjacent to an activating group) is 1. The fourth-order valence-electron chi connectivity index (χ4n) is 2.61. The topological polar surface area (TPSA) is 29.5 Å². The Morgan fingerprint density at radius 3 is 2.73 bits per heavy atom. The Balaban J connectivity index is 1.73. The van der Waals surface area contributed by atoms with E-state index < -0.39 is 0 Å². The second-order valence-electron chi connectivity index (χ2n) is 5.89. The minimum atomic E-state index is -0.0164. The van der Waals surface area contributed by atoms with Gasteiger partial charge >= 0.3 is 0 Å². The van der Waals surface area contributed by atoms with Gasteiger partial charge in [0.15, 0.2) is 0 Å². The first-order valence-corrected chi connectivity index (χ1v) is 10.5. The molecule has 26 heavy (non-hydrogen) atoms. The maximum absolute atomic E-state index is 12.3. The van der Waals surface area contributed by atoms with Gasteiger partial charge in [0.1, 0.15) is 16.7 Å². The molecule has 0 radical (unpaired) electrons. The Kier molecular flexibility index (Phi) is 6.37. The third kappa shape index (κ3) is 4.47. The van der Waals surface area contributed by atoms with Crippen LogP contribution in [-0.2, 0) is 11.4 Å². The molecule has 1 aliphatic rings. The fourth-order valence-corrected chi connectivity index (χ4v) is 4.69. The van der Waals surface area contributed by atoms with E-state index in [4.69, 9.17) is 17.0 Å². The molecule has 2 aromatic carbocycles. The van der Waals surface area contributed by atoms with Crippen LogP contribution in [0.2, 0.25) is 0 Å². The smallest absolute Gasteiger partial charge is 0.266 e. The molecular weight excluding hydrogens is 477 g/mol. The number of hydrogen-bond acceptors (Lipinski definition) is 4. The molecule has 0 bridgehead atoms. The maximum Gasteiger partial charge on any atom is 0.266 e. The van der Waals surface area contributed by atoms with Crippen LogP contribution in [0.4, 0.5) is 0 Å². The minimum Gasteiger partial charge on any atom is -0.488 e. The van der Waals surface area contributed by atoms with Gasteiger partial charge in [0.25, 0.3) is 5.91 Å². The quantitative estimate of drug-likeness (QED) is 0.316. The molecule has 1 heterocycles. The van der Waals surface area contributed by atoms with Crippen LogP contribution in [0.1, 0.15) is 23.6 Å². The molecule has 0 aliphatic carbocycles. The van der Waals surface area contributed by atoms with Crippen LogP contribution in [0.25, 0.3) is 6.08 Å². The Labute approximate surface area is 176 Å². The van der Waals surface area contributed by atoms with E-state index in [2.05, 4.69) is 47.7 Å². The summed E-state index contributed by atoms with van der Waals surface area (Å²) in [6.45, 7) is 5.14. The molecular formula is C20H18INO2S2. The van der Waals surface area contributed by atoms with Gasteiger partial charge in [0.2, 0.25) is 0 Å². The van der Waals surface area contributed by atoms with Crippen LogP contribution in [0.5, 0.6) is 5.75 Å². The molecule has 6 heteroatoms. The highest BCUT2D eigenvalue weighted by molar-refractivity contribution is 14.1. The summed E-state index contributed by atoms with van der Waals surface area (Å²) in [7, 11) is 0. The number of carbonyl (C=O) groups is 1. The molecule has 0 aromatic heterocycles. The Hall–Kier alpha value is -1.38. The number of ether oxygens (including phenoxy) is 1. The van der Waals surface area contributed by atoms with Crippen molar-refractivity contribution < 1.29 is 9.53 Å². The average molecular weight is 495 g/mol. The molecule has 3 rings (SSSR count). The number of nitrogens with zero attached hydrogens (tertiary/aromatic N) is 1. The van der Waals surface area contributed by atoms with E-state index in [-0.39, 0.29) is 5.91 Å². The number of aryl methyl sites for hydroxylation is 1. The van der Waals surface area contributed by atoms with Gasteiger partial charge in [-0.15, -0.1) is 0 Å². The minimum absolute atomic E-state index is 0.0164. The second kappa shape index (κ2) is 8.54. The van der Waals surface area contributed by atoms with Gasteiger partial charge in [-0.3, -0.25) is 9.69 Å². The average Bonchev–Trinajstić information content (AvgIpc) is 2.87. The Bertz CT molecular complexity index is 895. The maximum atomic E-state index is 12.3. The van der Waals surface area contributed by atoms with Crippen LogP contribution < -0.4 is 4.74 Å². The number of thiocarbonyl (C=S) groups is 1. The summed E-state index contributed by atoms with van der Waals surface area (Å²) in [5, 5.41) is 0. The molecule has 0 spiro atoms. The van der Waals surface area contributed by atoms with Crippen LogP contribution >= 0.6 is 46.6 Å². The predicted octanol–water partition coefficient (Wildman–Crippen LogP) is 5.40. The first kappa shape index (κ1) is 19.4. The van der Waals surface area contributed by atoms with Crippen molar-refractivity contribution in [2.24, 2.45) is 0 Å². The number of thioether (sulfide) groups is 1. The summed E-state index contributed by atoms with van der Waals surface area (Å²) in [5.41, 5.74) is 3.34. The summed E-state index contributed by atoms with van der Waals surface area (Å²) in [6.07, 6.45) is 1.89. The van der Waals surface area contributed by atoms with E-state index in [1.165, 1.54) is 17.3 Å². The van der Waals surface area contributed by atoms with Crippen molar-refractivity contribution in [2.45, 2.75) is 20.5 Å². The van der Waals surface area contributed by atoms with Crippen molar-refractivity contribution in [2.75, 3.05) is 6.54 Å². The zero-order chi connectivity index (χ0) is 18.7. The Morgan fingerprint density at radius 2 is 2.08 bits per heavy atom. The number of hydrogen-bond donors (Lipinski definition) is 0. The molecule has 1 saturated heterocycles. The largest absolute Gasteiger partial charge is 0.488 e. The molecule has 134 valence electrons. The summed E-state index contributed by atoms with van der Waals surface area (Å²) in [4.78, 5) is 14.6. The standard InChI is InChI=1S/C20H18INO2S2/c1-3-22-19(23)18(26-20(22)25)11-14-7-8-17(16(21)10-14)24-12-15-6-4-5-13(2)9-15/h4-11H,3,12H2,1-2H3. The molecule has 0 N–H and O–H groups in total. The van der Waals surface area contributed by atoms with Crippen molar-refractivity contribution in [3.63, 3.8) is 0 Å². The summed E-state index contributed by atoms with van der Waals surface area (Å²) >= 11 is 8.87. The lowest BCUT2D eigenvalue weighted by Gasteiger charge is -2.10. The van der Waals surface area contributed by atoms with E-state index in [0.29, 0.717) is 22.4 Å². The molecule has 2 aromatic rings. The van der Waals surface area contributed by atoms with Crippen LogP contribution in [0, 0.1) is 10.5 Å². The zero-order valence-electron chi connectivity index (χ0n) is 14.5. The zero-order valence-corrected chi connectivity index (χ0v) is 18.3. The van der Waals surface area contributed by atoms with Gasteiger partial charge in [0, 0.05) is 6.54 Å². The van der Waals surface area contributed by atoms with Gasteiger partial charge in [-0.2, -0.15) is 0 Å². The molecule has 0 unspecified atom stereocenters. The van der Waals surface area contributed by atoms with Crippen molar-refractivity contribution in [3.8, 4) is 5.75 Å². The van der Waals surface area contributed by atoms with E-state index in [0.717, 1.165) is 20.4 Å². The van der Waals surface area contributed by atoms with Crippen LogP contribution in [0.15, 0.2) is 47.4 Å². The first-order valence-electron chi connectivity index (χ1n) is 8.21. The third-order valence-corrected chi connectivity index (χ3v) is 6.14. The number of halogens is 1. The van der Waals surface area contributed by atoms with Crippen molar-refractivity contribution >= 4 is 62.9 Å². The van der Waals surface area contributed by atoms with Gasteiger partial charge in [-0.05, 0) is 65.8 Å². The number of carbonyl (C=O) groups excluding carboxylic acids is 1. The molecule has 1 amide bonds. The lowest BCUT2D eigenvalue weighted by Crippen LogP contribution is -2.27. The molecule has 1 fully saturated rings. The monoisotopic (exact) mass is 495 g/mol. The fraction of sp³-hybridized carbons (Fsp3) is 0.200. The van der Waals surface area contributed by atoms with Gasteiger partial charge < -0.3 is 4.74 Å². The SMILES string of the molecule is CCN1C(=O)C(=Cc2ccc(OCc3cccc(C)c3)c(I)c2)SC1=S.